The van der Waals surface area contributed by atoms with Crippen molar-refractivity contribution in [1.82, 2.24) is 14.5 Å². The maximum absolute atomic E-state index is 8.55. The SMILES string of the molecule is ON=c1cc(Cl)n(Cc2ccncc2Cl)cn1. The van der Waals surface area contributed by atoms with Gasteiger partial charge in [0.15, 0.2) is 5.49 Å². The molecule has 0 atom stereocenters. The zero-order valence-electron chi connectivity index (χ0n) is 8.59. The Bertz CT molecular complexity index is 597. The van der Waals surface area contributed by atoms with Crippen LogP contribution in [0, 0.1) is 0 Å². The highest BCUT2D eigenvalue weighted by atomic mass is 35.5. The van der Waals surface area contributed by atoms with E-state index in [1.54, 1.807) is 23.0 Å². The molecule has 0 saturated carbocycles. The van der Waals surface area contributed by atoms with Crippen molar-refractivity contribution < 1.29 is 5.21 Å². The Labute approximate surface area is 107 Å². The van der Waals surface area contributed by atoms with E-state index in [1.165, 1.54) is 12.4 Å². The Morgan fingerprint density at radius 1 is 1.41 bits per heavy atom. The van der Waals surface area contributed by atoms with Crippen molar-refractivity contribution in [3.8, 4) is 0 Å². The molecule has 1 N–H and O–H groups in total. The molecule has 0 aliphatic rings. The van der Waals surface area contributed by atoms with E-state index in [1.807, 2.05) is 0 Å². The molecule has 0 spiro atoms. The van der Waals surface area contributed by atoms with Gasteiger partial charge in [-0.05, 0) is 11.6 Å². The first-order valence-electron chi connectivity index (χ1n) is 4.69. The van der Waals surface area contributed by atoms with Crippen molar-refractivity contribution >= 4 is 23.2 Å². The van der Waals surface area contributed by atoms with Crippen molar-refractivity contribution in [3.05, 3.63) is 52.1 Å². The Hall–Kier alpha value is -1.59. The first-order chi connectivity index (χ1) is 8.20. The first kappa shape index (κ1) is 11.9. The van der Waals surface area contributed by atoms with Crippen molar-refractivity contribution in [2.45, 2.75) is 6.54 Å². The van der Waals surface area contributed by atoms with Crippen LogP contribution in [-0.2, 0) is 6.54 Å². The molecular formula is C10H8Cl2N4O. The van der Waals surface area contributed by atoms with Gasteiger partial charge in [0.05, 0.1) is 17.9 Å². The number of pyridine rings is 1. The van der Waals surface area contributed by atoms with Gasteiger partial charge in [0, 0.05) is 18.5 Å². The fourth-order valence-corrected chi connectivity index (χ4v) is 1.68. The van der Waals surface area contributed by atoms with E-state index in [-0.39, 0.29) is 5.49 Å². The molecule has 88 valence electrons. The number of hydrogen-bond acceptors (Lipinski definition) is 4. The molecule has 0 bridgehead atoms. The predicted octanol–water partition coefficient (Wildman–Crippen LogP) is 1.92. The average Bonchev–Trinajstić information content (AvgIpc) is 2.34. The molecule has 7 heteroatoms. The third kappa shape index (κ3) is 2.75. The lowest BCUT2D eigenvalue weighted by Crippen LogP contribution is -2.13. The summed E-state index contributed by atoms with van der Waals surface area (Å²) in [4.78, 5) is 7.79. The predicted molar refractivity (Wildman–Crippen MR) is 62.9 cm³/mol. The number of aromatic nitrogens is 3. The largest absolute Gasteiger partial charge is 0.409 e. The van der Waals surface area contributed by atoms with E-state index in [0.717, 1.165) is 5.56 Å². The fraction of sp³-hybridized carbons (Fsp3) is 0.100. The summed E-state index contributed by atoms with van der Waals surface area (Å²) in [5, 5.41) is 12.5. The second-order valence-corrected chi connectivity index (χ2v) is 4.06. The summed E-state index contributed by atoms with van der Waals surface area (Å²) >= 11 is 12.0. The Morgan fingerprint density at radius 3 is 2.88 bits per heavy atom. The summed E-state index contributed by atoms with van der Waals surface area (Å²) in [5.41, 5.74) is 1.04. The summed E-state index contributed by atoms with van der Waals surface area (Å²) in [7, 11) is 0. The van der Waals surface area contributed by atoms with Crippen molar-refractivity contribution in [2.75, 3.05) is 0 Å². The highest BCUT2D eigenvalue weighted by Crippen LogP contribution is 2.16. The fourth-order valence-electron chi connectivity index (χ4n) is 1.30. The van der Waals surface area contributed by atoms with Gasteiger partial charge in [-0.25, -0.2) is 4.98 Å². The second kappa shape index (κ2) is 5.16. The zero-order valence-corrected chi connectivity index (χ0v) is 10.1. The normalized spacial score (nSPS) is 11.8. The van der Waals surface area contributed by atoms with Gasteiger partial charge in [0.25, 0.3) is 0 Å². The molecule has 0 saturated heterocycles. The maximum Gasteiger partial charge on any atom is 0.195 e. The average molecular weight is 271 g/mol. The van der Waals surface area contributed by atoms with Crippen molar-refractivity contribution in [3.63, 3.8) is 0 Å². The van der Waals surface area contributed by atoms with E-state index in [4.69, 9.17) is 28.4 Å². The quantitative estimate of drug-likeness (QED) is 0.515. The summed E-state index contributed by atoms with van der Waals surface area (Å²) in [5.74, 6) is 0. The molecule has 17 heavy (non-hydrogen) atoms. The van der Waals surface area contributed by atoms with E-state index >= 15 is 0 Å². The van der Waals surface area contributed by atoms with Crippen LogP contribution in [0.4, 0.5) is 0 Å². The van der Waals surface area contributed by atoms with Crippen LogP contribution in [0.3, 0.4) is 0 Å². The standard InChI is InChI=1S/C10H8Cl2N4O/c11-8-4-13-2-1-7(8)5-16-6-14-10(15-17)3-9(16)12/h1-4,6,17H,5H2. The molecule has 0 aliphatic carbocycles. The van der Waals surface area contributed by atoms with Gasteiger partial charge < -0.3 is 9.77 Å². The topological polar surface area (TPSA) is 63.3 Å². The molecule has 0 aromatic carbocycles. The van der Waals surface area contributed by atoms with Crippen molar-refractivity contribution in [1.29, 1.82) is 0 Å². The molecular weight excluding hydrogens is 263 g/mol. The minimum absolute atomic E-state index is 0.159. The van der Waals surface area contributed by atoms with E-state index in [0.29, 0.717) is 16.7 Å². The Morgan fingerprint density at radius 2 is 2.24 bits per heavy atom. The Balaban J connectivity index is 2.34. The molecule has 0 aliphatic heterocycles. The summed E-state index contributed by atoms with van der Waals surface area (Å²) in [6.07, 6.45) is 4.70. The third-order valence-electron chi connectivity index (χ3n) is 2.15. The minimum Gasteiger partial charge on any atom is -0.409 e. The highest BCUT2D eigenvalue weighted by molar-refractivity contribution is 6.31. The molecule has 5 nitrogen and oxygen atoms in total. The number of rotatable bonds is 2. The molecule has 2 rings (SSSR count). The zero-order chi connectivity index (χ0) is 12.3. The van der Waals surface area contributed by atoms with Crippen LogP contribution in [0.1, 0.15) is 5.56 Å². The van der Waals surface area contributed by atoms with Gasteiger partial charge in [-0.2, -0.15) is 0 Å². The molecule has 2 aromatic rings. The van der Waals surface area contributed by atoms with E-state index < -0.39 is 0 Å². The molecule has 0 unspecified atom stereocenters. The molecule has 0 amide bonds. The van der Waals surface area contributed by atoms with Crippen LogP contribution >= 0.6 is 23.2 Å². The van der Waals surface area contributed by atoms with Gasteiger partial charge in [0.2, 0.25) is 0 Å². The minimum atomic E-state index is 0.159. The van der Waals surface area contributed by atoms with Gasteiger partial charge in [0.1, 0.15) is 5.15 Å². The summed E-state index contributed by atoms with van der Waals surface area (Å²) < 4.78 is 1.68. The van der Waals surface area contributed by atoms with Crippen LogP contribution in [0.2, 0.25) is 10.2 Å². The number of hydrogen-bond donors (Lipinski definition) is 1. The van der Waals surface area contributed by atoms with E-state index in [2.05, 4.69) is 15.1 Å². The summed E-state index contributed by atoms with van der Waals surface area (Å²) in [6, 6.07) is 3.26. The third-order valence-corrected chi connectivity index (χ3v) is 2.82. The molecule has 0 radical (unpaired) electrons. The lowest BCUT2D eigenvalue weighted by molar-refractivity contribution is 0.298. The smallest absolute Gasteiger partial charge is 0.195 e. The van der Waals surface area contributed by atoms with Crippen molar-refractivity contribution in [2.24, 2.45) is 5.16 Å². The monoisotopic (exact) mass is 270 g/mol. The van der Waals surface area contributed by atoms with Crippen LogP contribution in [0.15, 0.2) is 36.0 Å². The van der Waals surface area contributed by atoms with Gasteiger partial charge in [-0.1, -0.05) is 28.4 Å². The van der Waals surface area contributed by atoms with Crippen LogP contribution in [0.25, 0.3) is 0 Å². The maximum atomic E-state index is 8.55. The first-order valence-corrected chi connectivity index (χ1v) is 5.45. The summed E-state index contributed by atoms with van der Waals surface area (Å²) in [6.45, 7) is 0.471. The number of nitrogens with zero attached hydrogens (tertiary/aromatic N) is 4. The second-order valence-electron chi connectivity index (χ2n) is 3.26. The Kier molecular flexibility index (Phi) is 3.61. The van der Waals surface area contributed by atoms with Crippen LogP contribution in [0.5, 0.6) is 0 Å². The van der Waals surface area contributed by atoms with Gasteiger partial charge >= 0.3 is 0 Å². The lowest BCUT2D eigenvalue weighted by atomic mass is 10.2. The van der Waals surface area contributed by atoms with Gasteiger partial charge in [-0.15, -0.1) is 0 Å². The lowest BCUT2D eigenvalue weighted by Gasteiger charge is -2.09. The highest BCUT2D eigenvalue weighted by Gasteiger charge is 2.03. The molecule has 0 fully saturated rings. The number of halogens is 2. The van der Waals surface area contributed by atoms with Gasteiger partial charge in [-0.3, -0.25) is 4.98 Å². The van der Waals surface area contributed by atoms with Crippen LogP contribution < -0.4 is 5.49 Å². The van der Waals surface area contributed by atoms with Crippen LogP contribution in [-0.4, -0.2) is 19.7 Å². The molecule has 2 heterocycles. The van der Waals surface area contributed by atoms with E-state index in [9.17, 15) is 0 Å². The molecule has 2 aromatic heterocycles.